The number of alkyl halides is 1. The van der Waals surface area contributed by atoms with E-state index >= 15 is 0 Å². The molecule has 4 aromatic rings. The third-order valence-electron chi connectivity index (χ3n) is 6.19. The van der Waals surface area contributed by atoms with Crippen molar-refractivity contribution in [1.82, 2.24) is 24.6 Å². The number of benzene rings is 2. The molecule has 5 rings (SSSR count). The molecule has 1 fully saturated rings. The van der Waals surface area contributed by atoms with Crippen LogP contribution in [0.15, 0.2) is 60.9 Å². The summed E-state index contributed by atoms with van der Waals surface area (Å²) < 4.78 is 7.86. The molecule has 34 heavy (non-hydrogen) atoms. The summed E-state index contributed by atoms with van der Waals surface area (Å²) in [4.78, 5) is 10.8. The number of nitrogens with two attached hydrogens (primary N) is 1. The van der Waals surface area contributed by atoms with E-state index in [2.05, 4.69) is 14.9 Å². The van der Waals surface area contributed by atoms with E-state index in [9.17, 15) is 5.11 Å². The van der Waals surface area contributed by atoms with Gasteiger partial charge in [-0.15, -0.1) is 11.6 Å². The number of rotatable bonds is 7. The van der Waals surface area contributed by atoms with E-state index in [0.29, 0.717) is 30.3 Å². The largest absolute Gasteiger partial charge is 0.457 e. The molecule has 2 aromatic heterocycles. The fourth-order valence-corrected chi connectivity index (χ4v) is 4.69. The number of nitrogen functional groups attached to an aromatic ring is 1. The number of likely N-dealkylation sites (tertiary alicyclic amines) is 1. The Kier molecular flexibility index (Phi) is 6.62. The van der Waals surface area contributed by atoms with Gasteiger partial charge in [0, 0.05) is 31.0 Å². The molecule has 1 unspecified atom stereocenters. The van der Waals surface area contributed by atoms with Gasteiger partial charge >= 0.3 is 0 Å². The van der Waals surface area contributed by atoms with Crippen molar-refractivity contribution in [2.45, 2.75) is 31.5 Å². The number of ether oxygens (including phenoxy) is 1. The van der Waals surface area contributed by atoms with Crippen LogP contribution in [0.3, 0.4) is 0 Å². The normalized spacial score (nSPS) is 17.6. The Morgan fingerprint density at radius 3 is 2.62 bits per heavy atom. The van der Waals surface area contributed by atoms with Crippen LogP contribution in [0.1, 0.15) is 25.3 Å². The third kappa shape index (κ3) is 4.57. The summed E-state index contributed by atoms with van der Waals surface area (Å²) in [6, 6.07) is 17.5. The van der Waals surface area contributed by atoms with Gasteiger partial charge in [-0.2, -0.15) is 5.10 Å². The van der Waals surface area contributed by atoms with E-state index in [-0.39, 0.29) is 6.04 Å². The predicted octanol–water partition coefficient (Wildman–Crippen LogP) is 4.45. The number of piperidine rings is 1. The van der Waals surface area contributed by atoms with Crippen molar-refractivity contribution in [1.29, 1.82) is 0 Å². The quantitative estimate of drug-likeness (QED) is 0.378. The van der Waals surface area contributed by atoms with E-state index in [1.54, 1.807) is 0 Å². The van der Waals surface area contributed by atoms with Crippen LogP contribution in [0, 0.1) is 0 Å². The lowest BCUT2D eigenvalue weighted by atomic mass is 10.1. The Balaban J connectivity index is 1.47. The van der Waals surface area contributed by atoms with Crippen LogP contribution in [0.4, 0.5) is 5.82 Å². The number of aliphatic hydroxyl groups is 1. The van der Waals surface area contributed by atoms with Crippen molar-refractivity contribution in [2.24, 2.45) is 0 Å². The number of fused-ring (bicyclic) bond motifs is 1. The van der Waals surface area contributed by atoms with Crippen LogP contribution in [0.2, 0.25) is 0 Å². The first-order valence-electron chi connectivity index (χ1n) is 11.4. The van der Waals surface area contributed by atoms with Gasteiger partial charge < -0.3 is 15.6 Å². The molecule has 9 heteroatoms. The van der Waals surface area contributed by atoms with Crippen molar-refractivity contribution in [3.05, 3.63) is 60.9 Å². The second-order valence-electron chi connectivity index (χ2n) is 8.44. The average Bonchev–Trinajstić information content (AvgIpc) is 3.26. The minimum Gasteiger partial charge on any atom is -0.457 e. The molecular formula is C25H27ClN6O2. The standard InChI is InChI=1S/C25H27ClN6O2/c26-13-12-21(33)31-14-4-5-18(15-31)32-25-22(24(27)28-16-29-25)23(30-32)17-8-10-20(11-9-17)34-19-6-2-1-3-7-19/h1-3,6-11,16,18,21,33H,4-5,12-15H2,(H2,27,28,29)/t18-,21?/m1/s1. The molecule has 0 aliphatic carbocycles. The Labute approximate surface area is 202 Å². The van der Waals surface area contributed by atoms with E-state index in [4.69, 9.17) is 27.2 Å². The summed E-state index contributed by atoms with van der Waals surface area (Å²) >= 11 is 5.85. The zero-order valence-electron chi connectivity index (χ0n) is 18.7. The van der Waals surface area contributed by atoms with E-state index in [1.165, 1.54) is 6.33 Å². The zero-order valence-corrected chi connectivity index (χ0v) is 19.5. The summed E-state index contributed by atoms with van der Waals surface area (Å²) in [5.74, 6) is 2.33. The highest BCUT2D eigenvalue weighted by atomic mass is 35.5. The number of anilines is 1. The maximum atomic E-state index is 10.5. The number of hydrogen-bond acceptors (Lipinski definition) is 7. The van der Waals surface area contributed by atoms with Gasteiger partial charge in [0.2, 0.25) is 0 Å². The first-order valence-corrected chi connectivity index (χ1v) is 12.0. The first kappa shape index (κ1) is 22.6. The number of nitrogens with zero attached hydrogens (tertiary/aromatic N) is 5. The Bertz CT molecular complexity index is 1250. The lowest BCUT2D eigenvalue weighted by Crippen LogP contribution is -2.43. The summed E-state index contributed by atoms with van der Waals surface area (Å²) in [7, 11) is 0. The minimum atomic E-state index is -0.557. The van der Waals surface area contributed by atoms with Crippen LogP contribution >= 0.6 is 11.6 Å². The molecule has 2 aromatic carbocycles. The second-order valence-corrected chi connectivity index (χ2v) is 8.82. The first-order chi connectivity index (χ1) is 16.6. The maximum Gasteiger partial charge on any atom is 0.164 e. The molecule has 1 aliphatic rings. The van der Waals surface area contributed by atoms with E-state index in [1.807, 2.05) is 59.3 Å². The summed E-state index contributed by atoms with van der Waals surface area (Å²) in [5, 5.41) is 16.2. The van der Waals surface area contributed by atoms with Gasteiger partial charge in [-0.1, -0.05) is 18.2 Å². The molecule has 3 heterocycles. The smallest absolute Gasteiger partial charge is 0.164 e. The minimum absolute atomic E-state index is 0.0602. The van der Waals surface area contributed by atoms with Crippen molar-refractivity contribution < 1.29 is 9.84 Å². The van der Waals surface area contributed by atoms with E-state index in [0.717, 1.165) is 47.5 Å². The van der Waals surface area contributed by atoms with Gasteiger partial charge in [0.1, 0.15) is 35.6 Å². The van der Waals surface area contributed by atoms with Crippen molar-refractivity contribution in [3.63, 3.8) is 0 Å². The van der Waals surface area contributed by atoms with E-state index < -0.39 is 6.23 Å². The van der Waals surface area contributed by atoms with Crippen LogP contribution in [0.25, 0.3) is 22.3 Å². The van der Waals surface area contributed by atoms with Gasteiger partial charge in [0.05, 0.1) is 11.4 Å². The zero-order chi connectivity index (χ0) is 23.5. The van der Waals surface area contributed by atoms with Gasteiger partial charge in [-0.25, -0.2) is 14.6 Å². The molecule has 8 nitrogen and oxygen atoms in total. The van der Waals surface area contributed by atoms with Crippen LogP contribution in [-0.4, -0.2) is 55.0 Å². The molecule has 0 radical (unpaired) electrons. The molecule has 1 aliphatic heterocycles. The number of aromatic nitrogens is 4. The molecule has 0 spiro atoms. The summed E-state index contributed by atoms with van der Waals surface area (Å²) in [6.07, 6.45) is 3.34. The molecular weight excluding hydrogens is 452 g/mol. The maximum absolute atomic E-state index is 10.5. The van der Waals surface area contributed by atoms with Crippen LogP contribution < -0.4 is 10.5 Å². The Hall–Kier alpha value is -3.20. The van der Waals surface area contributed by atoms with Gasteiger partial charge in [0.15, 0.2) is 5.65 Å². The Morgan fingerprint density at radius 2 is 1.85 bits per heavy atom. The molecule has 0 saturated carbocycles. The molecule has 1 saturated heterocycles. The van der Waals surface area contributed by atoms with Crippen molar-refractivity contribution in [2.75, 3.05) is 24.7 Å². The highest BCUT2D eigenvalue weighted by Gasteiger charge is 2.29. The summed E-state index contributed by atoms with van der Waals surface area (Å²) in [6.45, 7) is 1.50. The fraction of sp³-hybridized carbons (Fsp3) is 0.320. The van der Waals surface area contributed by atoms with Crippen LogP contribution in [0.5, 0.6) is 11.5 Å². The number of halogens is 1. The predicted molar refractivity (Wildman–Crippen MR) is 133 cm³/mol. The number of hydrogen-bond donors (Lipinski definition) is 2. The highest BCUT2D eigenvalue weighted by molar-refractivity contribution is 6.17. The van der Waals surface area contributed by atoms with Crippen LogP contribution in [-0.2, 0) is 0 Å². The summed E-state index contributed by atoms with van der Waals surface area (Å²) in [5.41, 5.74) is 8.63. The number of para-hydroxylation sites is 1. The SMILES string of the molecule is Nc1ncnc2c1c(-c1ccc(Oc3ccccc3)cc1)nn2[C@@H]1CCCN(C(O)CCCl)C1. The highest BCUT2D eigenvalue weighted by Crippen LogP contribution is 2.35. The lowest BCUT2D eigenvalue weighted by molar-refractivity contribution is -0.0219. The molecule has 3 N–H and O–H groups in total. The molecule has 0 bridgehead atoms. The second kappa shape index (κ2) is 9.97. The Morgan fingerprint density at radius 1 is 1.09 bits per heavy atom. The van der Waals surface area contributed by atoms with Gasteiger partial charge in [-0.3, -0.25) is 4.90 Å². The molecule has 0 amide bonds. The monoisotopic (exact) mass is 478 g/mol. The van der Waals surface area contributed by atoms with Crippen molar-refractivity contribution in [3.8, 4) is 22.8 Å². The average molecular weight is 479 g/mol. The molecule has 2 atom stereocenters. The third-order valence-corrected chi connectivity index (χ3v) is 6.41. The molecule has 176 valence electrons. The fourth-order valence-electron chi connectivity index (χ4n) is 4.49. The van der Waals surface area contributed by atoms with Gasteiger partial charge in [-0.05, 0) is 49.2 Å². The number of aliphatic hydroxyl groups excluding tert-OH is 1. The van der Waals surface area contributed by atoms with Gasteiger partial charge in [0.25, 0.3) is 0 Å². The van der Waals surface area contributed by atoms with Crippen molar-refractivity contribution >= 4 is 28.5 Å². The topological polar surface area (TPSA) is 102 Å². The lowest BCUT2D eigenvalue weighted by Gasteiger charge is -2.35.